The molecular formula is C16H13ClFN5O2. The van der Waals surface area contributed by atoms with Crippen molar-refractivity contribution in [3.8, 4) is 17.1 Å². The highest BCUT2D eigenvalue weighted by atomic mass is 35.5. The summed E-state index contributed by atoms with van der Waals surface area (Å²) in [4.78, 5) is 13.3. The topological polar surface area (TPSA) is 81.9 Å². The quantitative estimate of drug-likeness (QED) is 0.755. The van der Waals surface area contributed by atoms with Gasteiger partial charge in [-0.15, -0.1) is 10.2 Å². The van der Waals surface area contributed by atoms with Gasteiger partial charge in [0.1, 0.15) is 18.1 Å². The Bertz CT molecular complexity index is 915. The Morgan fingerprint density at radius 2 is 2.16 bits per heavy atom. The monoisotopic (exact) mass is 361 g/mol. The molecule has 1 heterocycles. The molecule has 0 saturated heterocycles. The molecule has 3 aromatic rings. The number of nitrogens with zero attached hydrogens (tertiary/aromatic N) is 4. The van der Waals surface area contributed by atoms with Gasteiger partial charge in [-0.05, 0) is 35.5 Å². The number of ether oxygens (including phenoxy) is 1. The molecule has 0 aliphatic rings. The van der Waals surface area contributed by atoms with E-state index in [2.05, 4.69) is 20.7 Å². The van der Waals surface area contributed by atoms with E-state index in [1.54, 1.807) is 30.3 Å². The van der Waals surface area contributed by atoms with Crippen LogP contribution in [0.4, 0.5) is 10.1 Å². The van der Waals surface area contributed by atoms with E-state index >= 15 is 0 Å². The van der Waals surface area contributed by atoms with Crippen LogP contribution >= 0.6 is 11.6 Å². The highest BCUT2D eigenvalue weighted by molar-refractivity contribution is 6.31. The van der Waals surface area contributed by atoms with Crippen molar-refractivity contribution >= 4 is 23.2 Å². The van der Waals surface area contributed by atoms with Crippen LogP contribution in [0.25, 0.3) is 11.4 Å². The van der Waals surface area contributed by atoms with Crippen LogP contribution in [0.3, 0.4) is 0 Å². The molecule has 0 atom stereocenters. The number of hydrogen-bond acceptors (Lipinski definition) is 5. The maximum Gasteiger partial charge on any atom is 0.248 e. The molecule has 0 spiro atoms. The number of carbonyl (C=O) groups is 1. The maximum absolute atomic E-state index is 13.2. The largest absolute Gasteiger partial charge is 0.495 e. The lowest BCUT2D eigenvalue weighted by molar-refractivity contribution is -0.117. The van der Waals surface area contributed by atoms with Crippen molar-refractivity contribution in [1.82, 2.24) is 20.2 Å². The molecule has 128 valence electrons. The summed E-state index contributed by atoms with van der Waals surface area (Å²) in [5.74, 6) is -0.0826. The van der Waals surface area contributed by atoms with E-state index in [1.165, 1.54) is 19.2 Å². The number of aromatic nitrogens is 4. The van der Waals surface area contributed by atoms with Crippen LogP contribution in [-0.2, 0) is 11.3 Å². The first-order valence-corrected chi connectivity index (χ1v) is 7.60. The van der Waals surface area contributed by atoms with Crippen molar-refractivity contribution in [3.63, 3.8) is 0 Å². The van der Waals surface area contributed by atoms with Crippen LogP contribution in [-0.4, -0.2) is 33.2 Å². The molecule has 0 fully saturated rings. The van der Waals surface area contributed by atoms with Gasteiger partial charge < -0.3 is 10.1 Å². The zero-order valence-corrected chi connectivity index (χ0v) is 13.9. The van der Waals surface area contributed by atoms with Crippen molar-refractivity contribution in [2.75, 3.05) is 12.4 Å². The number of anilines is 1. The summed E-state index contributed by atoms with van der Waals surface area (Å²) in [7, 11) is 1.49. The lowest BCUT2D eigenvalue weighted by atomic mass is 10.2. The third kappa shape index (κ3) is 4.10. The first-order chi connectivity index (χ1) is 12.0. The van der Waals surface area contributed by atoms with Crippen molar-refractivity contribution in [2.45, 2.75) is 6.54 Å². The molecule has 1 aromatic heterocycles. The zero-order valence-electron chi connectivity index (χ0n) is 13.1. The summed E-state index contributed by atoms with van der Waals surface area (Å²) in [5.41, 5.74) is 0.911. The third-order valence-electron chi connectivity index (χ3n) is 3.26. The molecule has 1 amide bonds. The molecule has 9 heteroatoms. The highest BCUT2D eigenvalue weighted by Crippen LogP contribution is 2.27. The summed E-state index contributed by atoms with van der Waals surface area (Å²) >= 11 is 5.92. The second-order valence-electron chi connectivity index (χ2n) is 5.05. The van der Waals surface area contributed by atoms with Crippen LogP contribution in [0.2, 0.25) is 5.02 Å². The number of nitrogens with one attached hydrogen (secondary N) is 1. The van der Waals surface area contributed by atoms with Gasteiger partial charge in [0, 0.05) is 10.6 Å². The highest BCUT2D eigenvalue weighted by Gasteiger charge is 2.12. The van der Waals surface area contributed by atoms with E-state index in [4.69, 9.17) is 16.3 Å². The molecule has 7 nitrogen and oxygen atoms in total. The standard InChI is InChI=1S/C16H13ClFN5O2/c1-25-14-6-5-11(17)8-13(14)19-15(24)9-23-21-16(20-22-23)10-3-2-4-12(18)7-10/h2-8H,9H2,1H3,(H,19,24). The summed E-state index contributed by atoms with van der Waals surface area (Å²) in [5, 5.41) is 14.8. The minimum absolute atomic E-state index is 0.169. The van der Waals surface area contributed by atoms with Gasteiger partial charge >= 0.3 is 0 Å². The third-order valence-corrected chi connectivity index (χ3v) is 3.49. The summed E-state index contributed by atoms with van der Waals surface area (Å²) < 4.78 is 18.4. The first kappa shape index (κ1) is 16.8. The Morgan fingerprint density at radius 1 is 1.32 bits per heavy atom. The summed E-state index contributed by atoms with van der Waals surface area (Å²) in [6.07, 6.45) is 0. The Kier molecular flexibility index (Phi) is 4.90. The minimum Gasteiger partial charge on any atom is -0.495 e. The number of halogens is 2. The molecule has 2 aromatic carbocycles. The molecule has 0 radical (unpaired) electrons. The van der Waals surface area contributed by atoms with Crippen molar-refractivity contribution in [2.24, 2.45) is 0 Å². The van der Waals surface area contributed by atoms with Gasteiger partial charge in [-0.3, -0.25) is 4.79 Å². The van der Waals surface area contributed by atoms with Crippen LogP contribution in [0.15, 0.2) is 42.5 Å². The van der Waals surface area contributed by atoms with Crippen LogP contribution in [0.1, 0.15) is 0 Å². The normalized spacial score (nSPS) is 10.5. The number of tetrazole rings is 1. The SMILES string of the molecule is COc1ccc(Cl)cc1NC(=O)Cn1nnc(-c2cccc(F)c2)n1. The van der Waals surface area contributed by atoms with Crippen LogP contribution in [0, 0.1) is 5.82 Å². The Balaban J connectivity index is 1.71. The van der Waals surface area contributed by atoms with Crippen molar-refractivity contribution in [1.29, 1.82) is 0 Å². The molecule has 0 bridgehead atoms. The van der Waals surface area contributed by atoms with E-state index < -0.39 is 5.82 Å². The van der Waals surface area contributed by atoms with Crippen LogP contribution in [0.5, 0.6) is 5.75 Å². The lowest BCUT2D eigenvalue weighted by Crippen LogP contribution is -2.20. The van der Waals surface area contributed by atoms with Gasteiger partial charge in [-0.2, -0.15) is 4.80 Å². The molecule has 0 aliphatic heterocycles. The molecule has 0 unspecified atom stereocenters. The van der Waals surface area contributed by atoms with E-state index in [0.717, 1.165) is 4.80 Å². The van der Waals surface area contributed by atoms with E-state index in [-0.39, 0.29) is 18.3 Å². The number of hydrogen-bond donors (Lipinski definition) is 1. The van der Waals surface area contributed by atoms with Gasteiger partial charge in [0.15, 0.2) is 0 Å². The molecule has 25 heavy (non-hydrogen) atoms. The summed E-state index contributed by atoms with van der Waals surface area (Å²) in [6, 6.07) is 10.7. The second-order valence-corrected chi connectivity index (χ2v) is 5.48. The smallest absolute Gasteiger partial charge is 0.248 e. The van der Waals surface area contributed by atoms with E-state index in [0.29, 0.717) is 22.0 Å². The lowest BCUT2D eigenvalue weighted by Gasteiger charge is -2.10. The van der Waals surface area contributed by atoms with Gasteiger partial charge in [0.25, 0.3) is 0 Å². The number of amides is 1. The summed E-state index contributed by atoms with van der Waals surface area (Å²) in [6.45, 7) is -0.169. The number of methoxy groups -OCH3 is 1. The average Bonchev–Trinajstić information content (AvgIpc) is 3.03. The molecule has 0 aliphatic carbocycles. The maximum atomic E-state index is 13.2. The second kappa shape index (κ2) is 7.27. The molecule has 1 N–H and O–H groups in total. The van der Waals surface area contributed by atoms with Gasteiger partial charge in [0.2, 0.25) is 11.7 Å². The van der Waals surface area contributed by atoms with E-state index in [1.807, 2.05) is 0 Å². The van der Waals surface area contributed by atoms with Gasteiger partial charge in [-0.25, -0.2) is 4.39 Å². The molecular weight excluding hydrogens is 349 g/mol. The van der Waals surface area contributed by atoms with Gasteiger partial charge in [-0.1, -0.05) is 23.7 Å². The Labute approximate surface area is 147 Å². The fourth-order valence-corrected chi connectivity index (χ4v) is 2.32. The average molecular weight is 362 g/mol. The minimum atomic E-state index is -0.403. The number of benzene rings is 2. The predicted molar refractivity (Wildman–Crippen MR) is 89.8 cm³/mol. The van der Waals surface area contributed by atoms with Crippen molar-refractivity contribution in [3.05, 3.63) is 53.3 Å². The number of carbonyl (C=O) groups excluding carboxylic acids is 1. The molecule has 0 saturated carbocycles. The first-order valence-electron chi connectivity index (χ1n) is 7.22. The van der Waals surface area contributed by atoms with Crippen molar-refractivity contribution < 1.29 is 13.9 Å². The Hall–Kier alpha value is -3.00. The number of rotatable bonds is 5. The zero-order chi connectivity index (χ0) is 17.8. The van der Waals surface area contributed by atoms with Crippen LogP contribution < -0.4 is 10.1 Å². The van der Waals surface area contributed by atoms with Gasteiger partial charge in [0.05, 0.1) is 12.8 Å². The molecule has 3 rings (SSSR count). The fraction of sp³-hybridized carbons (Fsp3) is 0.125. The van der Waals surface area contributed by atoms with E-state index in [9.17, 15) is 9.18 Å². The predicted octanol–water partition coefficient (Wildman–Crippen LogP) is 2.78. The Morgan fingerprint density at radius 3 is 2.92 bits per heavy atom. The fourth-order valence-electron chi connectivity index (χ4n) is 2.15.